The summed E-state index contributed by atoms with van der Waals surface area (Å²) in [7, 11) is 0. The molecular formula is C14H15NO3. The molecule has 2 aromatic rings. The molecule has 1 unspecified atom stereocenters. The van der Waals surface area contributed by atoms with E-state index in [0.717, 1.165) is 10.9 Å². The fourth-order valence-corrected chi connectivity index (χ4v) is 2.11. The van der Waals surface area contributed by atoms with Gasteiger partial charge in [-0.15, -0.1) is 0 Å². The van der Waals surface area contributed by atoms with E-state index >= 15 is 0 Å². The first-order chi connectivity index (χ1) is 8.52. The molecule has 4 nitrogen and oxygen atoms in total. The van der Waals surface area contributed by atoms with Crippen LogP contribution in [0.2, 0.25) is 0 Å². The average Bonchev–Trinajstić information content (AvgIpc) is 2.38. The summed E-state index contributed by atoms with van der Waals surface area (Å²) in [5.74, 6) is -1.17. The topological polar surface area (TPSA) is 83.5 Å². The zero-order valence-electron chi connectivity index (χ0n) is 10.00. The molecule has 0 spiro atoms. The van der Waals surface area contributed by atoms with E-state index in [1.807, 2.05) is 18.2 Å². The molecule has 4 heteroatoms. The van der Waals surface area contributed by atoms with Crippen LogP contribution in [0.4, 0.5) is 0 Å². The highest BCUT2D eigenvalue weighted by atomic mass is 16.4. The second-order valence-electron chi connectivity index (χ2n) is 4.37. The van der Waals surface area contributed by atoms with Crippen molar-refractivity contribution in [3.05, 3.63) is 42.0 Å². The third-order valence-electron chi connectivity index (χ3n) is 3.25. The van der Waals surface area contributed by atoms with Gasteiger partial charge in [0, 0.05) is 11.3 Å². The van der Waals surface area contributed by atoms with E-state index in [-0.39, 0.29) is 11.7 Å². The number of carboxylic acid groups (broad SMARTS) is 1. The molecular weight excluding hydrogens is 230 g/mol. The van der Waals surface area contributed by atoms with Gasteiger partial charge in [0.25, 0.3) is 0 Å². The van der Waals surface area contributed by atoms with E-state index in [9.17, 15) is 9.90 Å². The van der Waals surface area contributed by atoms with Crippen molar-refractivity contribution in [2.75, 3.05) is 0 Å². The Hall–Kier alpha value is -2.07. The third-order valence-corrected chi connectivity index (χ3v) is 3.25. The number of aliphatic carboxylic acids is 1. The van der Waals surface area contributed by atoms with Gasteiger partial charge in [0.1, 0.15) is 11.8 Å². The maximum Gasteiger partial charge on any atom is 0.321 e. The van der Waals surface area contributed by atoms with Gasteiger partial charge in [0.15, 0.2) is 0 Å². The van der Waals surface area contributed by atoms with E-state index in [2.05, 4.69) is 0 Å². The van der Waals surface area contributed by atoms with Gasteiger partial charge in [-0.2, -0.15) is 0 Å². The molecule has 0 aliphatic carbocycles. The molecule has 2 rings (SSSR count). The first kappa shape index (κ1) is 12.4. The average molecular weight is 245 g/mol. The molecule has 0 aliphatic heterocycles. The molecule has 18 heavy (non-hydrogen) atoms. The largest absolute Gasteiger partial charge is 0.507 e. The van der Waals surface area contributed by atoms with Crippen LogP contribution in [0, 0.1) is 0 Å². The summed E-state index contributed by atoms with van der Waals surface area (Å²) in [5.41, 5.74) is 6.49. The van der Waals surface area contributed by atoms with Gasteiger partial charge in [-0.25, -0.2) is 0 Å². The molecule has 2 atom stereocenters. The third kappa shape index (κ3) is 2.02. The van der Waals surface area contributed by atoms with Gasteiger partial charge >= 0.3 is 5.97 Å². The molecule has 0 aromatic heterocycles. The molecule has 0 heterocycles. The Morgan fingerprint density at radius 1 is 1.17 bits per heavy atom. The Labute approximate surface area is 105 Å². The Morgan fingerprint density at radius 2 is 1.78 bits per heavy atom. The zero-order chi connectivity index (χ0) is 13.3. The molecule has 0 amide bonds. The zero-order valence-corrected chi connectivity index (χ0v) is 10.00. The smallest absolute Gasteiger partial charge is 0.321 e. The number of carboxylic acids is 1. The van der Waals surface area contributed by atoms with Crippen molar-refractivity contribution in [3.8, 4) is 5.75 Å². The van der Waals surface area contributed by atoms with Crippen LogP contribution in [0.3, 0.4) is 0 Å². The number of fused-ring (bicyclic) bond motifs is 1. The molecule has 0 saturated carbocycles. The molecule has 0 fully saturated rings. The molecule has 0 aliphatic rings. The lowest BCUT2D eigenvalue weighted by atomic mass is 9.89. The number of nitrogens with two attached hydrogens (primary N) is 1. The van der Waals surface area contributed by atoms with Crippen LogP contribution in [0.25, 0.3) is 10.8 Å². The van der Waals surface area contributed by atoms with Crippen LogP contribution < -0.4 is 5.73 Å². The summed E-state index contributed by atoms with van der Waals surface area (Å²) in [6.45, 7) is 1.78. The Bertz CT molecular complexity index is 595. The van der Waals surface area contributed by atoms with Crippen LogP contribution in [0.15, 0.2) is 36.4 Å². The second kappa shape index (κ2) is 4.66. The van der Waals surface area contributed by atoms with E-state index in [1.165, 1.54) is 0 Å². The summed E-state index contributed by atoms with van der Waals surface area (Å²) in [6.07, 6.45) is 0. The van der Waals surface area contributed by atoms with E-state index in [1.54, 1.807) is 25.1 Å². The minimum absolute atomic E-state index is 0.186. The first-order valence-electron chi connectivity index (χ1n) is 5.71. The Balaban J connectivity index is 2.58. The quantitative estimate of drug-likeness (QED) is 0.772. The van der Waals surface area contributed by atoms with Crippen molar-refractivity contribution < 1.29 is 15.0 Å². The lowest BCUT2D eigenvalue weighted by Crippen LogP contribution is -2.35. The number of hydrogen-bond donors (Lipinski definition) is 3. The number of phenolic OH excluding ortho intramolecular Hbond substituents is 1. The van der Waals surface area contributed by atoms with Gasteiger partial charge in [-0.05, 0) is 17.0 Å². The van der Waals surface area contributed by atoms with E-state index < -0.39 is 12.0 Å². The second-order valence-corrected chi connectivity index (χ2v) is 4.37. The van der Waals surface area contributed by atoms with Crippen LogP contribution in [-0.4, -0.2) is 22.2 Å². The van der Waals surface area contributed by atoms with Crippen LogP contribution >= 0.6 is 0 Å². The predicted octanol–water partition coefficient (Wildman–Crippen LogP) is 2.06. The van der Waals surface area contributed by atoms with Gasteiger partial charge < -0.3 is 15.9 Å². The van der Waals surface area contributed by atoms with Crippen molar-refractivity contribution in [3.63, 3.8) is 0 Å². The summed E-state index contributed by atoms with van der Waals surface area (Å²) < 4.78 is 0. The molecule has 0 bridgehead atoms. The molecule has 2 aromatic carbocycles. The molecule has 4 N–H and O–H groups in total. The van der Waals surface area contributed by atoms with E-state index in [4.69, 9.17) is 10.8 Å². The molecule has 0 saturated heterocycles. The van der Waals surface area contributed by atoms with Gasteiger partial charge in [0.2, 0.25) is 0 Å². The Morgan fingerprint density at radius 3 is 2.39 bits per heavy atom. The number of benzene rings is 2. The summed E-state index contributed by atoms with van der Waals surface area (Å²) in [6, 6.07) is 9.67. The molecule has 94 valence electrons. The predicted molar refractivity (Wildman–Crippen MR) is 69.6 cm³/mol. The fourth-order valence-electron chi connectivity index (χ4n) is 2.11. The fraction of sp³-hybridized carbons (Fsp3) is 0.214. The highest BCUT2D eigenvalue weighted by Crippen LogP contribution is 2.32. The van der Waals surface area contributed by atoms with Crippen LogP contribution in [0.5, 0.6) is 5.75 Å². The number of aromatic hydroxyl groups is 1. The minimum atomic E-state index is -1.03. The standard InChI is InChI=1S/C14H15NO3/c1-8(13(15)14(17)18)9-6-7-12(16)11-5-3-2-4-10(9)11/h2-8,13,16H,15H2,1H3,(H,17,18)/t8?,13-/m0/s1. The number of phenols is 1. The SMILES string of the molecule is CC(c1ccc(O)c2ccccc12)[C@H](N)C(=O)O. The van der Waals surface area contributed by atoms with Gasteiger partial charge in [0.05, 0.1) is 0 Å². The first-order valence-corrected chi connectivity index (χ1v) is 5.71. The highest BCUT2D eigenvalue weighted by Gasteiger charge is 2.23. The summed E-state index contributed by atoms with van der Waals surface area (Å²) in [5, 5.41) is 20.3. The normalized spacial score (nSPS) is 14.3. The minimum Gasteiger partial charge on any atom is -0.507 e. The number of rotatable bonds is 3. The van der Waals surface area contributed by atoms with E-state index in [0.29, 0.717) is 5.39 Å². The van der Waals surface area contributed by atoms with Gasteiger partial charge in [-0.1, -0.05) is 37.3 Å². The maximum absolute atomic E-state index is 10.9. The van der Waals surface area contributed by atoms with Crippen molar-refractivity contribution >= 4 is 16.7 Å². The van der Waals surface area contributed by atoms with Crippen LogP contribution in [-0.2, 0) is 4.79 Å². The Kier molecular flexibility index (Phi) is 3.21. The van der Waals surface area contributed by atoms with Crippen molar-refractivity contribution in [2.24, 2.45) is 5.73 Å². The number of carbonyl (C=O) groups is 1. The summed E-state index contributed by atoms with van der Waals surface area (Å²) >= 11 is 0. The highest BCUT2D eigenvalue weighted by molar-refractivity contribution is 5.91. The monoisotopic (exact) mass is 245 g/mol. The lowest BCUT2D eigenvalue weighted by molar-refractivity contribution is -0.138. The van der Waals surface area contributed by atoms with Crippen molar-refractivity contribution in [2.45, 2.75) is 18.9 Å². The molecule has 0 radical (unpaired) electrons. The van der Waals surface area contributed by atoms with Crippen molar-refractivity contribution in [1.29, 1.82) is 0 Å². The van der Waals surface area contributed by atoms with Gasteiger partial charge in [-0.3, -0.25) is 4.79 Å². The van der Waals surface area contributed by atoms with Crippen LogP contribution in [0.1, 0.15) is 18.4 Å². The number of hydrogen-bond acceptors (Lipinski definition) is 3. The maximum atomic E-state index is 10.9. The lowest BCUT2D eigenvalue weighted by Gasteiger charge is -2.18. The summed E-state index contributed by atoms with van der Waals surface area (Å²) in [4.78, 5) is 10.9. The van der Waals surface area contributed by atoms with Crippen molar-refractivity contribution in [1.82, 2.24) is 0 Å².